The van der Waals surface area contributed by atoms with Crippen LogP contribution in [0.4, 0.5) is 0 Å². The Labute approximate surface area is 143 Å². The van der Waals surface area contributed by atoms with Crippen LogP contribution in [0.3, 0.4) is 0 Å². The molecule has 0 saturated carbocycles. The number of halogens is 1. The Bertz CT molecular complexity index is 886. The molecule has 0 bridgehead atoms. The number of carboxylic acid groups (broad SMARTS) is 1. The summed E-state index contributed by atoms with van der Waals surface area (Å²) in [5, 5.41) is 16.9. The first-order valence-corrected chi connectivity index (χ1v) is 8.38. The van der Waals surface area contributed by atoms with Crippen molar-refractivity contribution in [2.75, 3.05) is 6.54 Å². The van der Waals surface area contributed by atoms with Gasteiger partial charge in [-0.25, -0.2) is 4.79 Å². The number of nitrogens with one attached hydrogen (secondary N) is 1. The zero-order valence-corrected chi connectivity index (χ0v) is 13.9. The lowest BCUT2D eigenvalue weighted by Crippen LogP contribution is -2.26. The van der Waals surface area contributed by atoms with Gasteiger partial charge in [-0.1, -0.05) is 11.6 Å². The second-order valence-corrected chi connectivity index (χ2v) is 6.60. The highest BCUT2D eigenvalue weighted by Crippen LogP contribution is 2.42. The van der Waals surface area contributed by atoms with E-state index in [1.165, 1.54) is 12.3 Å². The number of aromatic amines is 1. The maximum Gasteiger partial charge on any atom is 0.337 e. The molecule has 2 aromatic rings. The molecule has 2 atom stereocenters. The monoisotopic (exact) mass is 344 g/mol. The molecule has 4 rings (SSSR count). The average molecular weight is 345 g/mol. The molecule has 3 heterocycles. The lowest BCUT2D eigenvalue weighted by molar-refractivity contribution is 0.0698. The van der Waals surface area contributed by atoms with Gasteiger partial charge in [-0.05, 0) is 38.0 Å². The van der Waals surface area contributed by atoms with Gasteiger partial charge in [0.05, 0.1) is 28.4 Å². The van der Waals surface area contributed by atoms with E-state index in [2.05, 4.69) is 16.9 Å². The number of hydrazone groups is 1. The van der Waals surface area contributed by atoms with E-state index in [-0.39, 0.29) is 17.5 Å². The molecule has 1 aliphatic heterocycles. The predicted octanol–water partition coefficient (Wildman–Crippen LogP) is 3.53. The number of carbonyl (C=O) groups is 1. The highest BCUT2D eigenvalue weighted by molar-refractivity contribution is 6.31. The molecule has 0 fully saturated rings. The molecule has 0 radical (unpaired) electrons. The van der Waals surface area contributed by atoms with Crippen LogP contribution in [0.5, 0.6) is 0 Å². The molecule has 0 saturated heterocycles. The third kappa shape index (κ3) is 2.29. The van der Waals surface area contributed by atoms with Crippen molar-refractivity contribution < 1.29 is 9.90 Å². The van der Waals surface area contributed by atoms with E-state index in [0.29, 0.717) is 11.0 Å². The van der Waals surface area contributed by atoms with E-state index < -0.39 is 5.97 Å². The molecule has 2 aliphatic rings. The SMILES string of the molecule is CCN1N=C2C=C(Cl)CCC2C1c1cc2nccc(C(=O)O)c2[nH]1. The van der Waals surface area contributed by atoms with E-state index in [4.69, 9.17) is 16.7 Å². The van der Waals surface area contributed by atoms with Gasteiger partial charge in [0.25, 0.3) is 0 Å². The molecular weight excluding hydrogens is 328 g/mol. The molecule has 6 nitrogen and oxygen atoms in total. The molecule has 24 heavy (non-hydrogen) atoms. The van der Waals surface area contributed by atoms with E-state index in [1.807, 2.05) is 17.2 Å². The van der Waals surface area contributed by atoms with Crippen LogP contribution in [0.2, 0.25) is 0 Å². The number of carboxylic acids is 1. The molecule has 2 aromatic heterocycles. The van der Waals surface area contributed by atoms with Crippen LogP contribution >= 0.6 is 11.6 Å². The van der Waals surface area contributed by atoms with Crippen molar-refractivity contribution in [1.29, 1.82) is 0 Å². The fraction of sp³-hybridized carbons (Fsp3) is 0.353. The molecule has 2 N–H and O–H groups in total. The maximum atomic E-state index is 11.4. The van der Waals surface area contributed by atoms with Gasteiger partial charge in [0.1, 0.15) is 0 Å². The van der Waals surface area contributed by atoms with Gasteiger partial charge in [-0.3, -0.25) is 9.99 Å². The van der Waals surface area contributed by atoms with Crippen LogP contribution < -0.4 is 0 Å². The molecule has 124 valence electrons. The molecular formula is C17H17ClN4O2. The first-order chi connectivity index (χ1) is 11.6. The Hall–Kier alpha value is -2.34. The Morgan fingerprint density at radius 2 is 2.38 bits per heavy atom. The third-order valence-electron chi connectivity index (χ3n) is 4.74. The van der Waals surface area contributed by atoms with Crippen LogP contribution in [0.25, 0.3) is 11.0 Å². The third-order valence-corrected chi connectivity index (χ3v) is 5.04. The van der Waals surface area contributed by atoms with Gasteiger partial charge >= 0.3 is 5.97 Å². The summed E-state index contributed by atoms with van der Waals surface area (Å²) in [6.45, 7) is 2.83. The van der Waals surface area contributed by atoms with Gasteiger partial charge in [-0.2, -0.15) is 5.10 Å². The van der Waals surface area contributed by atoms with E-state index in [9.17, 15) is 9.90 Å². The summed E-state index contributed by atoms with van der Waals surface area (Å²) in [5.74, 6) is -0.701. The van der Waals surface area contributed by atoms with Crippen LogP contribution in [0.15, 0.2) is 34.5 Å². The number of hydrogen-bond donors (Lipinski definition) is 2. The molecule has 2 unspecified atom stereocenters. The first kappa shape index (κ1) is 15.2. The van der Waals surface area contributed by atoms with E-state index >= 15 is 0 Å². The first-order valence-electron chi connectivity index (χ1n) is 8.00. The summed E-state index contributed by atoms with van der Waals surface area (Å²) in [4.78, 5) is 19.0. The fourth-order valence-corrected chi connectivity index (χ4v) is 3.87. The quantitative estimate of drug-likeness (QED) is 0.892. The number of aromatic nitrogens is 2. The van der Waals surface area contributed by atoms with Gasteiger partial charge < -0.3 is 10.1 Å². The Morgan fingerprint density at radius 1 is 1.54 bits per heavy atom. The molecule has 0 spiro atoms. The van der Waals surface area contributed by atoms with Crippen LogP contribution in [0.1, 0.15) is 41.9 Å². The number of H-pyrrole nitrogens is 1. The van der Waals surface area contributed by atoms with E-state index in [1.54, 1.807) is 0 Å². The number of aromatic carboxylic acids is 1. The summed E-state index contributed by atoms with van der Waals surface area (Å²) in [5.41, 5.74) is 3.42. The molecule has 0 amide bonds. The lowest BCUT2D eigenvalue weighted by Gasteiger charge is -2.27. The Morgan fingerprint density at radius 3 is 3.12 bits per heavy atom. The van der Waals surface area contributed by atoms with Crippen molar-refractivity contribution in [3.8, 4) is 0 Å². The van der Waals surface area contributed by atoms with Crippen molar-refractivity contribution in [2.24, 2.45) is 11.0 Å². The standard InChI is InChI=1S/C17H17ClN4O2/c1-2-22-16(10-4-3-9(18)7-12(10)21-22)14-8-13-15(20-14)11(17(23)24)5-6-19-13/h5-8,10,16,20H,2-4H2,1H3,(H,23,24). The van der Waals surface area contributed by atoms with E-state index in [0.717, 1.165) is 35.8 Å². The predicted molar refractivity (Wildman–Crippen MR) is 92.3 cm³/mol. The molecule has 7 heteroatoms. The van der Waals surface area contributed by atoms with Gasteiger partial charge in [-0.15, -0.1) is 0 Å². The number of pyridine rings is 1. The zero-order valence-electron chi connectivity index (χ0n) is 13.2. The zero-order chi connectivity index (χ0) is 16.8. The van der Waals surface area contributed by atoms with Crippen LogP contribution in [-0.4, -0.2) is 38.3 Å². The minimum Gasteiger partial charge on any atom is -0.478 e. The highest BCUT2D eigenvalue weighted by atomic mass is 35.5. The minimum absolute atomic E-state index is 0.0573. The number of fused-ring (bicyclic) bond motifs is 2. The normalized spacial score (nSPS) is 23.2. The number of rotatable bonds is 3. The smallest absolute Gasteiger partial charge is 0.337 e. The maximum absolute atomic E-state index is 11.4. The largest absolute Gasteiger partial charge is 0.478 e. The van der Waals surface area contributed by atoms with Crippen molar-refractivity contribution in [3.05, 3.63) is 40.7 Å². The molecule has 1 aliphatic carbocycles. The Balaban J connectivity index is 1.80. The summed E-state index contributed by atoms with van der Waals surface area (Å²) in [7, 11) is 0. The van der Waals surface area contributed by atoms with Crippen molar-refractivity contribution in [2.45, 2.75) is 25.8 Å². The summed E-state index contributed by atoms with van der Waals surface area (Å²) < 4.78 is 0. The minimum atomic E-state index is -0.959. The van der Waals surface area contributed by atoms with Gasteiger partial charge in [0, 0.05) is 29.4 Å². The van der Waals surface area contributed by atoms with Crippen molar-refractivity contribution in [1.82, 2.24) is 15.0 Å². The Kier molecular flexibility index (Phi) is 3.57. The topological polar surface area (TPSA) is 81.6 Å². The van der Waals surface area contributed by atoms with Crippen LogP contribution in [0, 0.1) is 5.92 Å². The second kappa shape index (κ2) is 5.63. The molecule has 0 aromatic carbocycles. The average Bonchev–Trinajstić information content (AvgIpc) is 3.13. The van der Waals surface area contributed by atoms with Gasteiger partial charge in [0.2, 0.25) is 0 Å². The number of allylic oxidation sites excluding steroid dienone is 2. The highest BCUT2D eigenvalue weighted by Gasteiger charge is 2.39. The van der Waals surface area contributed by atoms with Gasteiger partial charge in [0.15, 0.2) is 0 Å². The fourth-order valence-electron chi connectivity index (χ4n) is 3.65. The second-order valence-electron chi connectivity index (χ2n) is 6.11. The summed E-state index contributed by atoms with van der Waals surface area (Å²) >= 11 is 6.17. The van der Waals surface area contributed by atoms with Crippen LogP contribution in [-0.2, 0) is 0 Å². The number of nitrogens with zero attached hydrogens (tertiary/aromatic N) is 3. The van der Waals surface area contributed by atoms with Crippen molar-refractivity contribution >= 4 is 34.3 Å². The summed E-state index contributed by atoms with van der Waals surface area (Å²) in [6, 6.07) is 3.51. The summed E-state index contributed by atoms with van der Waals surface area (Å²) in [6.07, 6.45) is 5.27. The lowest BCUT2D eigenvalue weighted by atomic mass is 9.85. The number of hydrogen-bond acceptors (Lipinski definition) is 4. The van der Waals surface area contributed by atoms with Crippen molar-refractivity contribution in [3.63, 3.8) is 0 Å².